The van der Waals surface area contributed by atoms with Crippen LogP contribution in [0.3, 0.4) is 0 Å². The van der Waals surface area contributed by atoms with Gasteiger partial charge in [-0.2, -0.15) is 0 Å². The molecule has 150 valence electrons. The molecule has 0 saturated heterocycles. The number of oxime groups is 2. The zero-order valence-corrected chi connectivity index (χ0v) is 16.9. The van der Waals surface area contributed by atoms with Crippen molar-refractivity contribution in [2.75, 3.05) is 14.2 Å². The lowest BCUT2D eigenvalue weighted by atomic mass is 9.96. The van der Waals surface area contributed by atoms with E-state index in [1.165, 1.54) is 14.2 Å². The molecule has 1 aromatic carbocycles. The summed E-state index contributed by atoms with van der Waals surface area (Å²) in [4.78, 5) is 37.3. The average Bonchev–Trinajstić information content (AvgIpc) is 3.31. The van der Waals surface area contributed by atoms with Crippen LogP contribution in [-0.2, 0) is 25.9 Å². The fourth-order valence-electron chi connectivity index (χ4n) is 3.16. The van der Waals surface area contributed by atoms with Crippen LogP contribution in [0.4, 0.5) is 0 Å². The molecule has 0 bridgehead atoms. The summed E-state index contributed by atoms with van der Waals surface area (Å²) in [6.45, 7) is 6.06. The molecule has 2 rings (SSSR count). The highest BCUT2D eigenvalue weighted by atomic mass is 16.6. The minimum absolute atomic E-state index is 0.119. The Hall–Kier alpha value is -3.03. The predicted octanol–water partition coefficient (Wildman–Crippen LogP) is 2.32. The Labute approximate surface area is 164 Å². The summed E-state index contributed by atoms with van der Waals surface area (Å²) >= 11 is 0. The Kier molecular flexibility index (Phi) is 7.03. The van der Waals surface area contributed by atoms with Gasteiger partial charge in [0.2, 0.25) is 6.41 Å². The molecule has 2 amide bonds. The average molecular weight is 386 g/mol. The van der Waals surface area contributed by atoms with E-state index in [4.69, 9.17) is 9.68 Å². The number of rotatable bonds is 9. The number of carbonyl (C=O) groups is 2. The number of likely N-dealkylation sites (N-methyl/N-ethyl adjacent to an activating group) is 1. The van der Waals surface area contributed by atoms with E-state index in [2.05, 4.69) is 34.5 Å². The van der Waals surface area contributed by atoms with Gasteiger partial charge in [-0.3, -0.25) is 9.59 Å². The summed E-state index contributed by atoms with van der Waals surface area (Å²) in [5.74, 6) is 0.0717. The molecule has 1 aromatic rings. The highest BCUT2D eigenvalue weighted by Gasteiger charge is 2.51. The molecule has 0 aliphatic heterocycles. The number of benzene rings is 1. The first-order chi connectivity index (χ1) is 13.4. The van der Waals surface area contributed by atoms with Crippen molar-refractivity contribution in [3.8, 4) is 0 Å². The number of nitrogens with one attached hydrogen (secondary N) is 1. The molecule has 1 fully saturated rings. The summed E-state index contributed by atoms with van der Waals surface area (Å²) in [6.07, 6.45) is 1.50. The van der Waals surface area contributed by atoms with E-state index in [-0.39, 0.29) is 23.6 Å². The van der Waals surface area contributed by atoms with Crippen LogP contribution in [0.1, 0.15) is 38.3 Å². The smallest absolute Gasteiger partial charge is 0.273 e. The lowest BCUT2D eigenvalue weighted by Crippen LogP contribution is -2.29. The third-order valence-electron chi connectivity index (χ3n) is 5.04. The van der Waals surface area contributed by atoms with Gasteiger partial charge in [-0.25, -0.2) is 4.99 Å². The van der Waals surface area contributed by atoms with E-state index in [1.54, 1.807) is 19.1 Å². The van der Waals surface area contributed by atoms with Crippen LogP contribution in [0.25, 0.3) is 0 Å². The number of carbonyl (C=O) groups excluding carboxylic acids is 2. The molecular weight excluding hydrogens is 360 g/mol. The molecule has 2 atom stereocenters. The number of amides is 2. The summed E-state index contributed by atoms with van der Waals surface area (Å²) in [5.41, 5.74) is 2.52. The van der Waals surface area contributed by atoms with E-state index >= 15 is 0 Å². The molecular formula is C20H26N4O4. The van der Waals surface area contributed by atoms with Gasteiger partial charge < -0.3 is 15.0 Å². The molecule has 1 aliphatic rings. The Morgan fingerprint density at radius 1 is 1.36 bits per heavy atom. The van der Waals surface area contributed by atoms with Gasteiger partial charge in [0.05, 0.1) is 11.4 Å². The van der Waals surface area contributed by atoms with Crippen molar-refractivity contribution in [1.82, 2.24) is 5.32 Å². The van der Waals surface area contributed by atoms with Crippen LogP contribution in [-0.4, -0.2) is 43.6 Å². The first-order valence-electron chi connectivity index (χ1n) is 8.99. The molecule has 1 N–H and O–H groups in total. The third kappa shape index (κ3) is 4.62. The number of nitrogens with zero attached hydrogens (tertiary/aromatic N) is 3. The first kappa shape index (κ1) is 21.3. The normalized spacial score (nSPS) is 22.5. The van der Waals surface area contributed by atoms with E-state index in [1.807, 2.05) is 12.1 Å². The van der Waals surface area contributed by atoms with Crippen LogP contribution in [0.2, 0.25) is 0 Å². The Morgan fingerprint density at radius 2 is 2.04 bits per heavy atom. The van der Waals surface area contributed by atoms with E-state index in [9.17, 15) is 9.59 Å². The van der Waals surface area contributed by atoms with E-state index in [0.717, 1.165) is 12.0 Å². The van der Waals surface area contributed by atoms with Gasteiger partial charge >= 0.3 is 0 Å². The third-order valence-corrected chi connectivity index (χ3v) is 5.04. The van der Waals surface area contributed by atoms with Crippen LogP contribution < -0.4 is 5.32 Å². The van der Waals surface area contributed by atoms with Gasteiger partial charge in [-0.15, -0.1) is 0 Å². The topological polar surface area (TPSA) is 102 Å². The van der Waals surface area contributed by atoms with Crippen molar-refractivity contribution in [3.05, 3.63) is 35.4 Å². The fraction of sp³-hybridized carbons (Fsp3) is 0.450. The maximum absolute atomic E-state index is 12.1. The molecule has 8 nitrogen and oxygen atoms in total. The van der Waals surface area contributed by atoms with Crippen molar-refractivity contribution < 1.29 is 19.3 Å². The van der Waals surface area contributed by atoms with Crippen LogP contribution >= 0.6 is 0 Å². The second kappa shape index (κ2) is 9.25. The van der Waals surface area contributed by atoms with Crippen molar-refractivity contribution in [1.29, 1.82) is 0 Å². The maximum atomic E-state index is 12.1. The van der Waals surface area contributed by atoms with Crippen molar-refractivity contribution in [2.24, 2.45) is 26.6 Å². The monoisotopic (exact) mass is 386 g/mol. The molecule has 0 radical (unpaired) electrons. The Balaban J connectivity index is 2.20. The van der Waals surface area contributed by atoms with Gasteiger partial charge in [0.25, 0.3) is 5.91 Å². The van der Waals surface area contributed by atoms with E-state index in [0.29, 0.717) is 29.3 Å². The summed E-state index contributed by atoms with van der Waals surface area (Å²) in [6, 6.07) is 7.21. The fourth-order valence-corrected chi connectivity index (χ4v) is 3.16. The summed E-state index contributed by atoms with van der Waals surface area (Å²) < 4.78 is 0. The minimum Gasteiger partial charge on any atom is -0.398 e. The van der Waals surface area contributed by atoms with Crippen LogP contribution in [0, 0.1) is 11.3 Å². The quantitative estimate of drug-likeness (QED) is 0.400. The zero-order chi connectivity index (χ0) is 20.7. The van der Waals surface area contributed by atoms with E-state index < -0.39 is 0 Å². The largest absolute Gasteiger partial charge is 0.398 e. The standard InChI is InChI=1S/C20H26N4O4/c1-13-10-20(13,3)18(22-12-25)14(2)23-28-11-15-8-6-7-9-16(15)17(24-27-5)19(26)21-4/h6-9,12-13H,10-11H2,1-5H3,(H,21,26)/b22-18?,23-14+,24-17+. The van der Waals surface area contributed by atoms with Gasteiger partial charge in [-0.05, 0) is 19.3 Å². The lowest BCUT2D eigenvalue weighted by molar-refractivity contribution is -0.114. The molecule has 0 spiro atoms. The second-order valence-electron chi connectivity index (χ2n) is 6.91. The first-order valence-corrected chi connectivity index (χ1v) is 8.99. The van der Waals surface area contributed by atoms with Crippen molar-refractivity contribution in [2.45, 2.75) is 33.8 Å². The van der Waals surface area contributed by atoms with Gasteiger partial charge in [0.15, 0.2) is 5.71 Å². The second-order valence-corrected chi connectivity index (χ2v) is 6.91. The Morgan fingerprint density at radius 3 is 2.61 bits per heavy atom. The molecule has 1 aliphatic carbocycles. The van der Waals surface area contributed by atoms with Crippen molar-refractivity contribution in [3.63, 3.8) is 0 Å². The molecule has 2 unspecified atom stereocenters. The number of hydrogen-bond donors (Lipinski definition) is 1. The SMILES string of the molecule is CNC(=O)/C(=N/OC)c1ccccc1CO/N=C(\C)C(=NC=O)C1(C)CC1C. The lowest BCUT2D eigenvalue weighted by Gasteiger charge is -2.13. The molecule has 28 heavy (non-hydrogen) atoms. The van der Waals surface area contributed by atoms with Crippen LogP contribution in [0.5, 0.6) is 0 Å². The highest BCUT2D eigenvalue weighted by Crippen LogP contribution is 2.53. The zero-order valence-electron chi connectivity index (χ0n) is 16.9. The van der Waals surface area contributed by atoms with Gasteiger partial charge in [-0.1, -0.05) is 48.4 Å². The predicted molar refractivity (Wildman–Crippen MR) is 107 cm³/mol. The molecule has 0 aromatic heterocycles. The summed E-state index contributed by atoms with van der Waals surface area (Å²) in [5, 5.41) is 10.5. The molecule has 0 heterocycles. The van der Waals surface area contributed by atoms with Gasteiger partial charge in [0, 0.05) is 23.6 Å². The maximum Gasteiger partial charge on any atom is 0.273 e. The van der Waals surface area contributed by atoms with Crippen LogP contribution in [0.15, 0.2) is 39.6 Å². The number of hydrogen-bond acceptors (Lipinski definition) is 6. The van der Waals surface area contributed by atoms with Gasteiger partial charge in [0.1, 0.15) is 13.7 Å². The highest BCUT2D eigenvalue weighted by molar-refractivity contribution is 6.45. The molecule has 8 heteroatoms. The minimum atomic E-state index is -0.370. The molecule has 1 saturated carbocycles. The summed E-state index contributed by atoms with van der Waals surface area (Å²) in [7, 11) is 2.90. The Bertz CT molecular complexity index is 831. The van der Waals surface area contributed by atoms with Crippen molar-refractivity contribution >= 4 is 29.5 Å². The number of aliphatic imine (C=N–C) groups is 1.